The molecule has 0 N–H and O–H groups in total. The van der Waals surface area contributed by atoms with Crippen LogP contribution in [0, 0.1) is 11.8 Å². The third-order valence-corrected chi connectivity index (χ3v) is 2.47. The molecule has 0 amide bonds. The zero-order valence-corrected chi connectivity index (χ0v) is 8.45. The molecule has 0 bridgehead atoms. The predicted octanol–water partition coefficient (Wildman–Crippen LogP) is 3.16. The first-order valence-corrected chi connectivity index (χ1v) is 4.72. The van der Waals surface area contributed by atoms with Gasteiger partial charge in [-0.15, -0.1) is 0 Å². The molecule has 1 unspecified atom stereocenters. The lowest BCUT2D eigenvalue weighted by Crippen LogP contribution is -2.16. The van der Waals surface area contributed by atoms with Gasteiger partial charge in [0.2, 0.25) is 0 Å². The lowest BCUT2D eigenvalue weighted by Gasteiger charge is -2.13. The molecule has 0 fully saturated rings. The first kappa shape index (κ1) is 9.97. The number of ketones is 1. The van der Waals surface area contributed by atoms with E-state index in [0.717, 1.165) is 5.56 Å². The van der Waals surface area contributed by atoms with E-state index in [-0.39, 0.29) is 11.7 Å². The highest BCUT2D eigenvalue weighted by Crippen LogP contribution is 2.16. The van der Waals surface area contributed by atoms with Crippen LogP contribution in [0.1, 0.15) is 31.1 Å². The molecule has 1 aromatic rings. The Morgan fingerprint density at radius 1 is 1.08 bits per heavy atom. The Hall–Kier alpha value is -1.11. The lowest BCUT2D eigenvalue weighted by molar-refractivity contribution is 0.0900. The fraction of sp³-hybridized carbons (Fsp3) is 0.417. The van der Waals surface area contributed by atoms with Crippen LogP contribution in [0.4, 0.5) is 0 Å². The van der Waals surface area contributed by atoms with E-state index in [9.17, 15) is 4.79 Å². The van der Waals surface area contributed by atoms with Crippen molar-refractivity contribution in [3.05, 3.63) is 35.9 Å². The second-order valence-corrected chi connectivity index (χ2v) is 3.76. The molecule has 70 valence electrons. The number of carbonyl (C=O) groups is 1. The highest BCUT2D eigenvalue weighted by atomic mass is 16.1. The summed E-state index contributed by atoms with van der Waals surface area (Å²) in [7, 11) is 0. The van der Waals surface area contributed by atoms with Crippen molar-refractivity contribution in [3.8, 4) is 0 Å². The van der Waals surface area contributed by atoms with Gasteiger partial charge in [-0.3, -0.25) is 4.79 Å². The smallest absolute Gasteiger partial charge is 0.165 e. The summed E-state index contributed by atoms with van der Waals surface area (Å²) in [6, 6.07) is 9.49. The largest absolute Gasteiger partial charge is 0.294 e. The minimum Gasteiger partial charge on any atom is -0.294 e. The van der Waals surface area contributed by atoms with E-state index in [1.54, 1.807) is 0 Å². The molecule has 1 atom stereocenters. The van der Waals surface area contributed by atoms with Crippen LogP contribution in [-0.2, 0) is 0 Å². The summed E-state index contributed by atoms with van der Waals surface area (Å²) >= 11 is 0. The normalized spacial score (nSPS) is 12.9. The number of rotatable bonds is 3. The van der Waals surface area contributed by atoms with Crippen molar-refractivity contribution in [2.24, 2.45) is 11.8 Å². The van der Waals surface area contributed by atoms with E-state index < -0.39 is 0 Å². The summed E-state index contributed by atoms with van der Waals surface area (Å²) in [4.78, 5) is 11.8. The van der Waals surface area contributed by atoms with Crippen molar-refractivity contribution in [1.82, 2.24) is 0 Å². The van der Waals surface area contributed by atoms with E-state index in [2.05, 4.69) is 13.8 Å². The summed E-state index contributed by atoms with van der Waals surface area (Å²) < 4.78 is 0. The molecule has 0 aromatic heterocycles. The van der Waals surface area contributed by atoms with Crippen LogP contribution >= 0.6 is 0 Å². The molecule has 0 aliphatic heterocycles. The first-order valence-electron chi connectivity index (χ1n) is 4.72. The molecular formula is C12H16O. The quantitative estimate of drug-likeness (QED) is 0.646. The van der Waals surface area contributed by atoms with Gasteiger partial charge in [0, 0.05) is 11.5 Å². The van der Waals surface area contributed by atoms with Crippen molar-refractivity contribution < 1.29 is 4.79 Å². The van der Waals surface area contributed by atoms with Crippen LogP contribution in [0.15, 0.2) is 30.3 Å². The highest BCUT2D eigenvalue weighted by Gasteiger charge is 2.17. The maximum atomic E-state index is 11.8. The van der Waals surface area contributed by atoms with Crippen LogP contribution in [0.2, 0.25) is 0 Å². The Labute approximate surface area is 79.8 Å². The van der Waals surface area contributed by atoms with Gasteiger partial charge in [0.1, 0.15) is 0 Å². The summed E-state index contributed by atoms with van der Waals surface area (Å²) in [5.41, 5.74) is 0.823. The third kappa shape index (κ3) is 2.41. The molecule has 1 rings (SSSR count). The van der Waals surface area contributed by atoms with Crippen LogP contribution < -0.4 is 0 Å². The van der Waals surface area contributed by atoms with E-state index in [4.69, 9.17) is 0 Å². The topological polar surface area (TPSA) is 17.1 Å². The molecule has 1 nitrogen and oxygen atoms in total. The second kappa shape index (κ2) is 4.22. The van der Waals surface area contributed by atoms with Gasteiger partial charge in [-0.25, -0.2) is 0 Å². The molecular weight excluding hydrogens is 160 g/mol. The Balaban J connectivity index is 2.80. The number of hydrogen-bond donors (Lipinski definition) is 0. The van der Waals surface area contributed by atoms with E-state index >= 15 is 0 Å². The lowest BCUT2D eigenvalue weighted by atomic mass is 9.90. The zero-order chi connectivity index (χ0) is 9.84. The molecule has 0 radical (unpaired) electrons. The Morgan fingerprint density at radius 2 is 1.62 bits per heavy atom. The van der Waals surface area contributed by atoms with Gasteiger partial charge in [0.15, 0.2) is 5.78 Å². The molecule has 1 aromatic carbocycles. The Morgan fingerprint density at radius 3 is 2.08 bits per heavy atom. The van der Waals surface area contributed by atoms with Crippen LogP contribution in [0.5, 0.6) is 0 Å². The number of hydrogen-bond acceptors (Lipinski definition) is 1. The van der Waals surface area contributed by atoms with Gasteiger partial charge in [-0.1, -0.05) is 51.1 Å². The van der Waals surface area contributed by atoms with Crippen molar-refractivity contribution in [2.75, 3.05) is 0 Å². The van der Waals surface area contributed by atoms with E-state index in [1.165, 1.54) is 0 Å². The molecule has 0 aliphatic carbocycles. The Kier molecular flexibility index (Phi) is 3.24. The van der Waals surface area contributed by atoms with Crippen LogP contribution in [0.25, 0.3) is 0 Å². The van der Waals surface area contributed by atoms with Gasteiger partial charge >= 0.3 is 0 Å². The maximum Gasteiger partial charge on any atom is 0.165 e. The number of carbonyl (C=O) groups excluding carboxylic acids is 1. The molecule has 1 heteroatoms. The molecule has 0 spiro atoms. The van der Waals surface area contributed by atoms with Gasteiger partial charge in [-0.05, 0) is 5.92 Å². The molecule has 13 heavy (non-hydrogen) atoms. The molecule has 0 saturated heterocycles. The first-order chi connectivity index (χ1) is 6.13. The van der Waals surface area contributed by atoms with Crippen molar-refractivity contribution in [3.63, 3.8) is 0 Å². The van der Waals surface area contributed by atoms with Gasteiger partial charge in [0.05, 0.1) is 0 Å². The fourth-order valence-corrected chi connectivity index (χ4v) is 1.17. The van der Waals surface area contributed by atoms with E-state index in [0.29, 0.717) is 5.92 Å². The fourth-order valence-electron chi connectivity index (χ4n) is 1.17. The van der Waals surface area contributed by atoms with E-state index in [1.807, 2.05) is 37.3 Å². The zero-order valence-electron chi connectivity index (χ0n) is 8.45. The highest BCUT2D eigenvalue weighted by molar-refractivity contribution is 5.97. The molecule has 0 saturated carbocycles. The van der Waals surface area contributed by atoms with Gasteiger partial charge in [0.25, 0.3) is 0 Å². The summed E-state index contributed by atoms with van der Waals surface area (Å²) in [6.45, 7) is 6.14. The summed E-state index contributed by atoms with van der Waals surface area (Å²) in [6.07, 6.45) is 0. The van der Waals surface area contributed by atoms with Gasteiger partial charge in [-0.2, -0.15) is 0 Å². The monoisotopic (exact) mass is 176 g/mol. The standard InChI is InChI=1S/C12H16O/c1-9(2)10(3)12(13)11-7-5-4-6-8-11/h4-10H,1-3H3. The maximum absolute atomic E-state index is 11.8. The van der Waals surface area contributed by atoms with Crippen molar-refractivity contribution in [1.29, 1.82) is 0 Å². The predicted molar refractivity (Wildman–Crippen MR) is 54.8 cm³/mol. The Bertz CT molecular complexity index is 274. The number of Topliss-reactive ketones (excluding diaryl/α,β-unsaturated/α-hetero) is 1. The average molecular weight is 176 g/mol. The average Bonchev–Trinajstić information content (AvgIpc) is 2.17. The summed E-state index contributed by atoms with van der Waals surface area (Å²) in [5.74, 6) is 0.769. The number of benzene rings is 1. The summed E-state index contributed by atoms with van der Waals surface area (Å²) in [5, 5.41) is 0. The second-order valence-electron chi connectivity index (χ2n) is 3.76. The third-order valence-electron chi connectivity index (χ3n) is 2.47. The SMILES string of the molecule is CC(C)C(C)C(=O)c1ccccc1. The van der Waals surface area contributed by atoms with Crippen molar-refractivity contribution in [2.45, 2.75) is 20.8 Å². The minimum absolute atomic E-state index is 0.113. The molecule has 0 heterocycles. The van der Waals surface area contributed by atoms with Crippen molar-refractivity contribution >= 4 is 5.78 Å². The molecule has 0 aliphatic rings. The minimum atomic E-state index is 0.113. The van der Waals surface area contributed by atoms with Crippen LogP contribution in [-0.4, -0.2) is 5.78 Å². The van der Waals surface area contributed by atoms with Gasteiger partial charge < -0.3 is 0 Å². The van der Waals surface area contributed by atoms with Crippen LogP contribution in [0.3, 0.4) is 0 Å².